The highest BCUT2D eigenvalue weighted by Crippen LogP contribution is 2.30. The Bertz CT molecular complexity index is 366. The monoisotopic (exact) mass is 232 g/mol. The molecule has 5 nitrogen and oxygen atoms in total. The van der Waals surface area contributed by atoms with Crippen LogP contribution < -0.4 is 5.32 Å². The summed E-state index contributed by atoms with van der Waals surface area (Å²) in [6.07, 6.45) is 2.00. The molecule has 0 aromatic carbocycles. The molecule has 2 aliphatic rings. The van der Waals surface area contributed by atoms with Crippen LogP contribution in [0.4, 0.5) is 0 Å². The van der Waals surface area contributed by atoms with Crippen LogP contribution in [0.2, 0.25) is 0 Å². The van der Waals surface area contributed by atoms with Crippen molar-refractivity contribution in [2.24, 2.45) is 0 Å². The fraction of sp³-hybridized carbons (Fsp3) is 0.889. The smallest absolute Gasteiger partial charge is 0.221 e. The lowest BCUT2D eigenvalue weighted by Crippen LogP contribution is -2.43. The summed E-state index contributed by atoms with van der Waals surface area (Å²) in [5, 5.41) is 2.76. The molecular weight excluding hydrogens is 216 g/mol. The summed E-state index contributed by atoms with van der Waals surface area (Å²) in [6.45, 7) is 2.11. The third-order valence-corrected chi connectivity index (χ3v) is 5.16. The summed E-state index contributed by atoms with van der Waals surface area (Å²) < 4.78 is 25.3. The number of hydrogen-bond donors (Lipinski definition) is 1. The van der Waals surface area contributed by atoms with Gasteiger partial charge in [-0.25, -0.2) is 8.42 Å². The van der Waals surface area contributed by atoms with Gasteiger partial charge in [0.15, 0.2) is 0 Å². The molecule has 2 heterocycles. The Morgan fingerprint density at radius 3 is 2.73 bits per heavy atom. The lowest BCUT2D eigenvalue weighted by Gasteiger charge is -2.25. The molecule has 2 bridgehead atoms. The van der Waals surface area contributed by atoms with Crippen LogP contribution >= 0.6 is 0 Å². The van der Waals surface area contributed by atoms with Gasteiger partial charge in [0.2, 0.25) is 15.9 Å². The second-order valence-corrected chi connectivity index (χ2v) is 6.29. The average Bonchev–Trinajstić information content (AvgIpc) is 2.49. The Labute approximate surface area is 89.9 Å². The lowest BCUT2D eigenvalue weighted by atomic mass is 10.1. The maximum absolute atomic E-state index is 11.9. The van der Waals surface area contributed by atoms with Gasteiger partial charge < -0.3 is 5.32 Å². The second-order valence-electron chi connectivity index (χ2n) is 4.12. The molecule has 0 radical (unpaired) electrons. The first-order valence-electron chi connectivity index (χ1n) is 5.32. The van der Waals surface area contributed by atoms with Gasteiger partial charge in [-0.05, 0) is 19.8 Å². The van der Waals surface area contributed by atoms with Crippen LogP contribution in [0.3, 0.4) is 0 Å². The number of sulfonamides is 1. The molecule has 86 valence electrons. The summed E-state index contributed by atoms with van der Waals surface area (Å²) in [6, 6.07) is -0.131. The number of nitrogens with zero attached hydrogens (tertiary/aromatic N) is 1. The fourth-order valence-electron chi connectivity index (χ4n) is 2.44. The van der Waals surface area contributed by atoms with E-state index in [4.69, 9.17) is 0 Å². The summed E-state index contributed by atoms with van der Waals surface area (Å²) in [5.41, 5.74) is 0. The van der Waals surface area contributed by atoms with Crippen molar-refractivity contribution in [3.8, 4) is 0 Å². The van der Waals surface area contributed by atoms with Gasteiger partial charge in [-0.3, -0.25) is 4.79 Å². The van der Waals surface area contributed by atoms with Crippen LogP contribution in [0.15, 0.2) is 0 Å². The molecule has 6 heteroatoms. The van der Waals surface area contributed by atoms with Crippen molar-refractivity contribution in [2.45, 2.75) is 38.3 Å². The molecule has 1 N–H and O–H groups in total. The van der Waals surface area contributed by atoms with E-state index < -0.39 is 10.0 Å². The minimum atomic E-state index is -3.16. The van der Waals surface area contributed by atoms with Crippen LogP contribution in [0.25, 0.3) is 0 Å². The third-order valence-electron chi connectivity index (χ3n) is 3.19. The maximum atomic E-state index is 11.9. The van der Waals surface area contributed by atoms with Crippen LogP contribution in [0.5, 0.6) is 0 Å². The molecule has 2 aliphatic heterocycles. The van der Waals surface area contributed by atoms with Gasteiger partial charge in [0.1, 0.15) is 0 Å². The van der Waals surface area contributed by atoms with Crippen molar-refractivity contribution in [3.63, 3.8) is 0 Å². The van der Waals surface area contributed by atoms with Gasteiger partial charge in [-0.15, -0.1) is 0 Å². The predicted octanol–water partition coefficient (Wildman–Crippen LogP) is -0.311. The van der Waals surface area contributed by atoms with Gasteiger partial charge in [0.25, 0.3) is 0 Å². The van der Waals surface area contributed by atoms with E-state index in [1.54, 1.807) is 11.2 Å². The van der Waals surface area contributed by atoms with Crippen molar-refractivity contribution in [2.75, 3.05) is 12.3 Å². The van der Waals surface area contributed by atoms with E-state index in [9.17, 15) is 13.2 Å². The topological polar surface area (TPSA) is 66.5 Å². The Morgan fingerprint density at radius 1 is 1.40 bits per heavy atom. The van der Waals surface area contributed by atoms with E-state index in [0.717, 1.165) is 12.8 Å². The van der Waals surface area contributed by atoms with Crippen LogP contribution in [0, 0.1) is 0 Å². The van der Waals surface area contributed by atoms with Crippen molar-refractivity contribution in [3.05, 3.63) is 0 Å². The van der Waals surface area contributed by atoms with E-state index in [1.165, 1.54) is 0 Å². The molecule has 2 atom stereocenters. The predicted molar refractivity (Wildman–Crippen MR) is 55.7 cm³/mol. The maximum Gasteiger partial charge on any atom is 0.221 e. The van der Waals surface area contributed by atoms with E-state index in [-0.39, 0.29) is 23.7 Å². The highest BCUT2D eigenvalue weighted by atomic mass is 32.2. The molecule has 0 spiro atoms. The van der Waals surface area contributed by atoms with Crippen molar-refractivity contribution < 1.29 is 13.2 Å². The van der Waals surface area contributed by atoms with Gasteiger partial charge in [0.05, 0.1) is 5.75 Å². The number of nitrogens with one attached hydrogen (secondary N) is 1. The minimum absolute atomic E-state index is 0.0219. The highest BCUT2D eigenvalue weighted by Gasteiger charge is 2.43. The summed E-state index contributed by atoms with van der Waals surface area (Å²) >= 11 is 0. The molecule has 0 aromatic heterocycles. The summed E-state index contributed by atoms with van der Waals surface area (Å²) in [4.78, 5) is 11.3. The highest BCUT2D eigenvalue weighted by molar-refractivity contribution is 7.89. The van der Waals surface area contributed by atoms with Crippen molar-refractivity contribution in [1.29, 1.82) is 0 Å². The van der Waals surface area contributed by atoms with E-state index in [0.29, 0.717) is 13.0 Å². The normalized spacial score (nSPS) is 32.5. The van der Waals surface area contributed by atoms with Crippen molar-refractivity contribution in [1.82, 2.24) is 9.62 Å². The first kappa shape index (κ1) is 10.9. The van der Waals surface area contributed by atoms with Crippen molar-refractivity contribution >= 4 is 15.9 Å². The Hall–Kier alpha value is -0.620. The fourth-order valence-corrected chi connectivity index (χ4v) is 4.01. The summed E-state index contributed by atoms with van der Waals surface area (Å²) in [5.74, 6) is 0.0901. The average molecular weight is 232 g/mol. The number of hydrogen-bond acceptors (Lipinski definition) is 3. The van der Waals surface area contributed by atoms with Crippen LogP contribution in [-0.2, 0) is 14.8 Å². The zero-order valence-electron chi connectivity index (χ0n) is 8.77. The first-order chi connectivity index (χ1) is 7.04. The lowest BCUT2D eigenvalue weighted by molar-refractivity contribution is -0.121. The molecule has 1 amide bonds. The van der Waals surface area contributed by atoms with Crippen LogP contribution in [-0.4, -0.2) is 43.0 Å². The largest absolute Gasteiger partial charge is 0.354 e. The molecule has 2 rings (SSSR count). The molecule has 0 aliphatic carbocycles. The zero-order chi connectivity index (χ0) is 11.1. The first-order valence-corrected chi connectivity index (χ1v) is 6.93. The molecular formula is C9H16N2O3S. The zero-order valence-corrected chi connectivity index (χ0v) is 9.59. The number of carbonyl (C=O) groups excluding carboxylic acids is 1. The Kier molecular flexibility index (Phi) is 2.72. The summed E-state index contributed by atoms with van der Waals surface area (Å²) in [7, 11) is -3.16. The third kappa shape index (κ3) is 1.88. The Morgan fingerprint density at radius 2 is 2.07 bits per heavy atom. The standard InChI is InChI=1S/C9H16N2O3S/c1-2-15(13,14)11-7-3-4-8(11)6-10-9(12)5-7/h7-8H,2-6H2,1H3,(H,10,12)/t7-,8+/m1/s1. The minimum Gasteiger partial charge on any atom is -0.354 e. The number of carbonyl (C=O) groups is 1. The molecule has 2 fully saturated rings. The Balaban J connectivity index is 2.29. The quantitative estimate of drug-likeness (QED) is 0.710. The van der Waals surface area contributed by atoms with E-state index >= 15 is 0 Å². The van der Waals surface area contributed by atoms with Gasteiger partial charge >= 0.3 is 0 Å². The van der Waals surface area contributed by atoms with Gasteiger partial charge in [-0.2, -0.15) is 4.31 Å². The van der Waals surface area contributed by atoms with Crippen LogP contribution in [0.1, 0.15) is 26.2 Å². The second kappa shape index (κ2) is 3.75. The molecule has 0 aromatic rings. The van der Waals surface area contributed by atoms with E-state index in [1.807, 2.05) is 0 Å². The SMILES string of the molecule is CCS(=O)(=O)N1[C@@H]2CC[C@H]1CNC(=O)C2. The van der Waals surface area contributed by atoms with Gasteiger partial charge in [0, 0.05) is 25.0 Å². The number of rotatable bonds is 2. The van der Waals surface area contributed by atoms with E-state index in [2.05, 4.69) is 5.32 Å². The molecule has 15 heavy (non-hydrogen) atoms. The number of amides is 1. The number of fused-ring (bicyclic) bond motifs is 2. The molecule has 2 saturated heterocycles. The molecule has 0 saturated carbocycles. The van der Waals surface area contributed by atoms with Gasteiger partial charge in [-0.1, -0.05) is 0 Å². The molecule has 0 unspecified atom stereocenters.